The van der Waals surface area contributed by atoms with Crippen LogP contribution in [0, 0.1) is 18.8 Å². The highest BCUT2D eigenvalue weighted by Gasteiger charge is 2.12. The summed E-state index contributed by atoms with van der Waals surface area (Å²) in [5.41, 5.74) is 3.75. The molecule has 4 rings (SSSR count). The topological polar surface area (TPSA) is 92.5 Å². The van der Waals surface area contributed by atoms with Gasteiger partial charge in [-0.05, 0) is 49.7 Å². The largest absolute Gasteiger partial charge is 0.378 e. The van der Waals surface area contributed by atoms with Crippen LogP contribution in [0.3, 0.4) is 0 Å². The van der Waals surface area contributed by atoms with Gasteiger partial charge in [-0.25, -0.2) is 4.98 Å². The molecule has 144 valence electrons. The van der Waals surface area contributed by atoms with Gasteiger partial charge >= 0.3 is 0 Å². The number of rotatable bonds is 3. The fraction of sp³-hybridized carbons (Fsp3) is 0.182. The number of hydrogen-bond donors (Lipinski definition) is 2. The molecular formula is C22H20N6O. The maximum Gasteiger partial charge on any atom is 0.204 e. The first-order valence-electron chi connectivity index (χ1n) is 9.15. The van der Waals surface area contributed by atoms with Gasteiger partial charge in [0.05, 0.1) is 5.69 Å². The maximum atomic E-state index is 9.76. The summed E-state index contributed by atoms with van der Waals surface area (Å²) in [6, 6.07) is 13.8. The van der Waals surface area contributed by atoms with Crippen LogP contribution in [0.5, 0.6) is 0 Å². The third kappa shape index (κ3) is 4.08. The van der Waals surface area contributed by atoms with Crippen molar-refractivity contribution in [3.8, 4) is 40.3 Å². The normalized spacial score (nSPS) is 11.2. The minimum absolute atomic E-state index is 0.544. The van der Waals surface area contributed by atoms with Crippen LogP contribution in [-0.2, 0) is 0 Å². The van der Waals surface area contributed by atoms with Crippen molar-refractivity contribution in [3.05, 3.63) is 66.0 Å². The first-order chi connectivity index (χ1) is 13.9. The predicted octanol–water partition coefficient (Wildman–Crippen LogP) is 3.15. The minimum Gasteiger partial charge on any atom is -0.378 e. The van der Waals surface area contributed by atoms with Crippen LogP contribution in [0.2, 0.25) is 0 Å². The Bertz CT molecular complexity index is 1190. The van der Waals surface area contributed by atoms with Crippen molar-refractivity contribution in [3.63, 3.8) is 0 Å². The number of aryl methyl sites for hydroxylation is 1. The Morgan fingerprint density at radius 1 is 1.07 bits per heavy atom. The van der Waals surface area contributed by atoms with E-state index in [1.165, 1.54) is 0 Å². The summed E-state index contributed by atoms with van der Waals surface area (Å²) in [6.45, 7) is 5.38. The van der Waals surface area contributed by atoms with E-state index in [2.05, 4.69) is 44.4 Å². The van der Waals surface area contributed by atoms with Crippen LogP contribution in [0.1, 0.15) is 25.0 Å². The summed E-state index contributed by atoms with van der Waals surface area (Å²) in [5.74, 6) is 7.17. The number of aromatic amines is 1. The van der Waals surface area contributed by atoms with Crippen LogP contribution in [0.15, 0.2) is 54.9 Å². The average molecular weight is 384 g/mol. The second-order valence-electron chi connectivity index (χ2n) is 7.24. The van der Waals surface area contributed by atoms with E-state index in [0.717, 1.165) is 33.8 Å². The van der Waals surface area contributed by atoms with Crippen LogP contribution < -0.4 is 0 Å². The number of benzene rings is 2. The summed E-state index contributed by atoms with van der Waals surface area (Å²) < 4.78 is 2.04. The summed E-state index contributed by atoms with van der Waals surface area (Å²) in [4.78, 5) is 4.55. The van der Waals surface area contributed by atoms with E-state index in [4.69, 9.17) is 0 Å². The molecule has 0 bridgehead atoms. The lowest BCUT2D eigenvalue weighted by molar-refractivity contribution is 0.143. The van der Waals surface area contributed by atoms with Crippen molar-refractivity contribution >= 4 is 0 Å². The van der Waals surface area contributed by atoms with Crippen LogP contribution in [0.4, 0.5) is 0 Å². The fourth-order valence-corrected chi connectivity index (χ4v) is 2.93. The van der Waals surface area contributed by atoms with Gasteiger partial charge in [0.15, 0.2) is 0 Å². The molecule has 29 heavy (non-hydrogen) atoms. The quantitative estimate of drug-likeness (QED) is 0.530. The molecule has 0 aliphatic rings. The Morgan fingerprint density at radius 3 is 2.52 bits per heavy atom. The summed E-state index contributed by atoms with van der Waals surface area (Å²) in [6.07, 6.45) is 3.71. The maximum absolute atomic E-state index is 9.76. The first-order valence-corrected chi connectivity index (χ1v) is 9.15. The second-order valence-corrected chi connectivity index (χ2v) is 7.24. The van der Waals surface area contributed by atoms with Crippen molar-refractivity contribution in [2.24, 2.45) is 0 Å². The molecule has 2 aromatic carbocycles. The highest BCUT2D eigenvalue weighted by atomic mass is 16.3. The second kappa shape index (κ2) is 7.34. The number of aromatic nitrogens is 6. The number of tetrazole rings is 1. The Morgan fingerprint density at radius 2 is 1.83 bits per heavy atom. The Kier molecular flexibility index (Phi) is 4.71. The molecule has 0 aliphatic heterocycles. The van der Waals surface area contributed by atoms with Gasteiger partial charge in [-0.15, -0.1) is 10.2 Å². The van der Waals surface area contributed by atoms with Crippen molar-refractivity contribution in [1.29, 1.82) is 0 Å². The number of imidazole rings is 1. The molecule has 2 heterocycles. The third-order valence-corrected chi connectivity index (χ3v) is 4.37. The van der Waals surface area contributed by atoms with Gasteiger partial charge in [-0.1, -0.05) is 36.1 Å². The zero-order chi connectivity index (χ0) is 20.4. The van der Waals surface area contributed by atoms with Crippen LogP contribution >= 0.6 is 0 Å². The van der Waals surface area contributed by atoms with E-state index < -0.39 is 5.60 Å². The Labute approximate surface area is 168 Å². The van der Waals surface area contributed by atoms with Crippen molar-refractivity contribution in [2.45, 2.75) is 26.4 Å². The van der Waals surface area contributed by atoms with E-state index >= 15 is 0 Å². The van der Waals surface area contributed by atoms with Crippen molar-refractivity contribution in [1.82, 2.24) is 30.2 Å². The van der Waals surface area contributed by atoms with Gasteiger partial charge < -0.3 is 5.11 Å². The Hall–Kier alpha value is -3.76. The molecule has 0 saturated heterocycles. The van der Waals surface area contributed by atoms with E-state index in [-0.39, 0.29) is 0 Å². The summed E-state index contributed by atoms with van der Waals surface area (Å²) in [7, 11) is 0. The molecule has 7 heteroatoms. The van der Waals surface area contributed by atoms with Gasteiger partial charge in [-0.2, -0.15) is 5.21 Å². The molecule has 7 nitrogen and oxygen atoms in total. The molecule has 0 aliphatic carbocycles. The van der Waals surface area contributed by atoms with Gasteiger partial charge in [0.1, 0.15) is 11.4 Å². The van der Waals surface area contributed by atoms with Crippen LogP contribution in [-0.4, -0.2) is 40.9 Å². The van der Waals surface area contributed by atoms with Gasteiger partial charge in [0, 0.05) is 29.1 Å². The molecule has 2 N–H and O–H groups in total. The number of H-pyrrole nitrogens is 1. The zero-order valence-electron chi connectivity index (χ0n) is 16.4. The van der Waals surface area contributed by atoms with E-state index in [1.54, 1.807) is 20.0 Å². The molecule has 0 atom stereocenters. The number of nitrogens with zero attached hydrogens (tertiary/aromatic N) is 5. The van der Waals surface area contributed by atoms with E-state index in [0.29, 0.717) is 5.82 Å². The van der Waals surface area contributed by atoms with E-state index in [1.807, 2.05) is 53.2 Å². The van der Waals surface area contributed by atoms with E-state index in [9.17, 15) is 5.11 Å². The first kappa shape index (κ1) is 18.6. The molecule has 0 saturated carbocycles. The standard InChI is InChI=1S/C22H20N6O/c1-15-4-7-18(20-24-26-27-25-20)14-19(15)28-13-12-23-21(28)17-8-5-16(6-9-17)10-11-22(2,3)29/h4-9,12-14,29H,1-3H3,(H,24,25,26,27). The molecule has 4 aromatic rings. The monoisotopic (exact) mass is 384 g/mol. The zero-order valence-corrected chi connectivity index (χ0v) is 16.4. The SMILES string of the molecule is Cc1ccc(-c2nn[nH]n2)cc1-n1ccnc1-c1ccc(C#CC(C)(C)O)cc1. The summed E-state index contributed by atoms with van der Waals surface area (Å²) >= 11 is 0. The molecule has 2 aromatic heterocycles. The van der Waals surface area contributed by atoms with Crippen molar-refractivity contribution in [2.75, 3.05) is 0 Å². The van der Waals surface area contributed by atoms with Gasteiger partial charge in [-0.3, -0.25) is 4.57 Å². The van der Waals surface area contributed by atoms with Gasteiger partial charge in [0.2, 0.25) is 5.82 Å². The Balaban J connectivity index is 1.71. The molecule has 0 unspecified atom stereocenters. The molecule has 0 fully saturated rings. The summed E-state index contributed by atoms with van der Waals surface area (Å²) in [5, 5.41) is 24.0. The minimum atomic E-state index is -1.02. The number of aliphatic hydroxyl groups is 1. The highest BCUT2D eigenvalue weighted by Crippen LogP contribution is 2.27. The lowest BCUT2D eigenvalue weighted by Gasteiger charge is -2.12. The van der Waals surface area contributed by atoms with Gasteiger partial charge in [0.25, 0.3) is 0 Å². The van der Waals surface area contributed by atoms with Crippen molar-refractivity contribution < 1.29 is 5.11 Å². The smallest absolute Gasteiger partial charge is 0.204 e. The third-order valence-electron chi connectivity index (χ3n) is 4.37. The molecule has 0 radical (unpaired) electrons. The number of hydrogen-bond acceptors (Lipinski definition) is 5. The molecule has 0 spiro atoms. The van der Waals surface area contributed by atoms with Crippen LogP contribution in [0.25, 0.3) is 28.5 Å². The lowest BCUT2D eigenvalue weighted by Crippen LogP contribution is -2.14. The number of nitrogens with one attached hydrogen (secondary N) is 1. The fourth-order valence-electron chi connectivity index (χ4n) is 2.93. The average Bonchev–Trinajstić information content (AvgIpc) is 3.39. The predicted molar refractivity (Wildman–Crippen MR) is 110 cm³/mol. The molecule has 0 amide bonds. The highest BCUT2D eigenvalue weighted by molar-refractivity contribution is 5.65. The lowest BCUT2D eigenvalue weighted by atomic mass is 10.1. The molecular weight excluding hydrogens is 364 g/mol.